The first-order chi connectivity index (χ1) is 10.2. The summed E-state index contributed by atoms with van der Waals surface area (Å²) in [5.74, 6) is 0.169. The van der Waals surface area contributed by atoms with Gasteiger partial charge in [0, 0.05) is 0 Å². The fourth-order valence-corrected chi connectivity index (χ4v) is 2.00. The number of carbonyl (C=O) groups is 1. The van der Waals surface area contributed by atoms with Gasteiger partial charge in [0.2, 0.25) is 0 Å². The minimum absolute atomic E-state index is 0.250. The van der Waals surface area contributed by atoms with Crippen LogP contribution in [0.1, 0.15) is 18.6 Å². The molecule has 0 saturated carbocycles. The lowest BCUT2D eigenvalue weighted by molar-refractivity contribution is -0.153. The summed E-state index contributed by atoms with van der Waals surface area (Å²) >= 11 is 0. The van der Waals surface area contributed by atoms with Crippen LogP contribution in [0.3, 0.4) is 0 Å². The number of esters is 1. The normalized spacial score (nSPS) is 11.8. The molecule has 1 atom stereocenters. The maximum Gasteiger partial charge on any atom is 0.339 e. The largest absolute Gasteiger partial charge is 0.497 e. The van der Waals surface area contributed by atoms with Crippen molar-refractivity contribution in [3.8, 4) is 16.9 Å². The van der Waals surface area contributed by atoms with Crippen molar-refractivity contribution in [3.05, 3.63) is 54.1 Å². The highest BCUT2D eigenvalue weighted by atomic mass is 16.5. The van der Waals surface area contributed by atoms with E-state index in [9.17, 15) is 9.90 Å². The highest BCUT2D eigenvalue weighted by molar-refractivity contribution is 5.76. The van der Waals surface area contributed by atoms with E-state index in [0.717, 1.165) is 16.9 Å². The summed E-state index contributed by atoms with van der Waals surface area (Å²) in [6.07, 6.45) is -1.24. The number of carbonyl (C=O) groups excluding carboxylic acids is 1. The van der Waals surface area contributed by atoms with E-state index >= 15 is 0 Å². The van der Waals surface area contributed by atoms with Gasteiger partial charge in [0.15, 0.2) is 6.10 Å². The highest BCUT2D eigenvalue weighted by Gasteiger charge is 2.18. The lowest BCUT2D eigenvalue weighted by Crippen LogP contribution is -2.15. The number of benzene rings is 2. The lowest BCUT2D eigenvalue weighted by Gasteiger charge is -2.10. The molecule has 1 N–H and O–H groups in total. The standard InChI is InChI=1S/C17H18O4/c1-3-21-17(19)16(18)14-6-4-12(5-7-14)13-8-10-15(20-2)11-9-13/h4-11,16,18H,3H2,1-2H3. The molecule has 0 saturated heterocycles. The van der Waals surface area contributed by atoms with Crippen molar-refractivity contribution in [3.63, 3.8) is 0 Å². The highest BCUT2D eigenvalue weighted by Crippen LogP contribution is 2.24. The third-order valence-corrected chi connectivity index (χ3v) is 3.16. The first-order valence-corrected chi connectivity index (χ1v) is 6.74. The molecular weight excluding hydrogens is 268 g/mol. The average Bonchev–Trinajstić information content (AvgIpc) is 2.54. The van der Waals surface area contributed by atoms with Gasteiger partial charge >= 0.3 is 5.97 Å². The minimum Gasteiger partial charge on any atom is -0.497 e. The van der Waals surface area contributed by atoms with E-state index in [2.05, 4.69) is 0 Å². The quantitative estimate of drug-likeness (QED) is 0.859. The van der Waals surface area contributed by atoms with Gasteiger partial charge in [-0.05, 0) is 35.7 Å². The van der Waals surface area contributed by atoms with E-state index in [-0.39, 0.29) is 6.61 Å². The molecule has 2 rings (SSSR count). The van der Waals surface area contributed by atoms with E-state index in [1.165, 1.54) is 0 Å². The summed E-state index contributed by atoms with van der Waals surface area (Å²) in [5, 5.41) is 9.86. The number of aliphatic hydroxyl groups excluding tert-OH is 1. The molecule has 0 heterocycles. The number of methoxy groups -OCH3 is 1. The molecule has 0 aromatic heterocycles. The molecule has 0 amide bonds. The molecule has 0 radical (unpaired) electrons. The van der Waals surface area contributed by atoms with Gasteiger partial charge in [-0.1, -0.05) is 36.4 Å². The molecule has 1 unspecified atom stereocenters. The lowest BCUT2D eigenvalue weighted by atomic mass is 10.0. The van der Waals surface area contributed by atoms with Crippen molar-refractivity contribution >= 4 is 5.97 Å². The van der Waals surface area contributed by atoms with Crippen LogP contribution in [-0.2, 0) is 9.53 Å². The zero-order valence-electron chi connectivity index (χ0n) is 12.1. The molecule has 2 aromatic rings. The minimum atomic E-state index is -1.24. The maximum absolute atomic E-state index is 11.5. The zero-order valence-corrected chi connectivity index (χ0v) is 12.1. The molecule has 110 valence electrons. The van der Waals surface area contributed by atoms with Crippen LogP contribution in [0.25, 0.3) is 11.1 Å². The first kappa shape index (κ1) is 15.1. The van der Waals surface area contributed by atoms with Crippen LogP contribution in [0, 0.1) is 0 Å². The fourth-order valence-electron chi connectivity index (χ4n) is 2.00. The third-order valence-electron chi connectivity index (χ3n) is 3.16. The Hall–Kier alpha value is -2.33. The number of aliphatic hydroxyl groups is 1. The van der Waals surface area contributed by atoms with Gasteiger partial charge in [-0.2, -0.15) is 0 Å². The number of rotatable bonds is 5. The van der Waals surface area contributed by atoms with Crippen molar-refractivity contribution in [1.82, 2.24) is 0 Å². The molecule has 2 aromatic carbocycles. The number of ether oxygens (including phenoxy) is 2. The molecule has 0 aliphatic carbocycles. The molecular formula is C17H18O4. The molecule has 0 fully saturated rings. The summed E-state index contributed by atoms with van der Waals surface area (Å²) in [7, 11) is 1.63. The third kappa shape index (κ3) is 3.61. The molecule has 4 nitrogen and oxygen atoms in total. The second-order valence-corrected chi connectivity index (χ2v) is 4.51. The number of hydrogen-bond acceptors (Lipinski definition) is 4. The van der Waals surface area contributed by atoms with Crippen LogP contribution in [0.4, 0.5) is 0 Å². The summed E-state index contributed by atoms with van der Waals surface area (Å²) < 4.78 is 9.92. The van der Waals surface area contributed by atoms with Crippen LogP contribution in [0.15, 0.2) is 48.5 Å². The Balaban J connectivity index is 2.16. The topological polar surface area (TPSA) is 55.8 Å². The fraction of sp³-hybridized carbons (Fsp3) is 0.235. The van der Waals surface area contributed by atoms with Crippen LogP contribution in [-0.4, -0.2) is 24.8 Å². The van der Waals surface area contributed by atoms with Crippen molar-refractivity contribution in [2.75, 3.05) is 13.7 Å². The van der Waals surface area contributed by atoms with Gasteiger partial charge in [0.05, 0.1) is 13.7 Å². The molecule has 0 spiro atoms. The average molecular weight is 286 g/mol. The van der Waals surface area contributed by atoms with E-state index in [0.29, 0.717) is 5.56 Å². The summed E-state index contributed by atoms with van der Waals surface area (Å²) in [6, 6.07) is 14.8. The van der Waals surface area contributed by atoms with Crippen molar-refractivity contribution < 1.29 is 19.4 Å². The van der Waals surface area contributed by atoms with E-state index in [1.54, 1.807) is 26.2 Å². The second kappa shape index (κ2) is 6.90. The Kier molecular flexibility index (Phi) is 4.95. The van der Waals surface area contributed by atoms with Crippen molar-refractivity contribution in [2.45, 2.75) is 13.0 Å². The van der Waals surface area contributed by atoms with Crippen LogP contribution >= 0.6 is 0 Å². The van der Waals surface area contributed by atoms with Gasteiger partial charge in [-0.3, -0.25) is 0 Å². The Labute approximate surface area is 123 Å². The Morgan fingerprint density at radius 2 is 1.57 bits per heavy atom. The van der Waals surface area contributed by atoms with E-state index < -0.39 is 12.1 Å². The predicted octanol–water partition coefficient (Wildman–Crippen LogP) is 2.96. The van der Waals surface area contributed by atoms with E-state index in [4.69, 9.17) is 9.47 Å². The monoisotopic (exact) mass is 286 g/mol. The van der Waals surface area contributed by atoms with Gasteiger partial charge in [0.1, 0.15) is 5.75 Å². The Morgan fingerprint density at radius 1 is 1.05 bits per heavy atom. The molecule has 0 bridgehead atoms. The second-order valence-electron chi connectivity index (χ2n) is 4.51. The van der Waals surface area contributed by atoms with Crippen molar-refractivity contribution in [1.29, 1.82) is 0 Å². The smallest absolute Gasteiger partial charge is 0.339 e. The maximum atomic E-state index is 11.5. The SMILES string of the molecule is CCOC(=O)C(O)c1ccc(-c2ccc(OC)cc2)cc1. The molecule has 4 heteroatoms. The molecule has 0 aliphatic rings. The summed E-state index contributed by atoms with van der Waals surface area (Å²) in [6.45, 7) is 1.96. The van der Waals surface area contributed by atoms with Crippen LogP contribution < -0.4 is 4.74 Å². The Bertz CT molecular complexity index is 587. The van der Waals surface area contributed by atoms with Gasteiger partial charge < -0.3 is 14.6 Å². The van der Waals surface area contributed by atoms with Gasteiger partial charge in [-0.15, -0.1) is 0 Å². The summed E-state index contributed by atoms with van der Waals surface area (Å²) in [4.78, 5) is 11.5. The zero-order chi connectivity index (χ0) is 15.2. The van der Waals surface area contributed by atoms with Crippen molar-refractivity contribution in [2.24, 2.45) is 0 Å². The van der Waals surface area contributed by atoms with Gasteiger partial charge in [-0.25, -0.2) is 4.79 Å². The van der Waals surface area contributed by atoms with Gasteiger partial charge in [0.25, 0.3) is 0 Å². The molecule has 0 aliphatic heterocycles. The Morgan fingerprint density at radius 3 is 2.05 bits per heavy atom. The summed E-state index contributed by atoms with van der Waals surface area (Å²) in [5.41, 5.74) is 2.55. The van der Waals surface area contributed by atoms with Crippen LogP contribution in [0.2, 0.25) is 0 Å². The van der Waals surface area contributed by atoms with E-state index in [1.807, 2.05) is 36.4 Å². The molecule has 21 heavy (non-hydrogen) atoms. The predicted molar refractivity (Wildman–Crippen MR) is 80.0 cm³/mol. The first-order valence-electron chi connectivity index (χ1n) is 6.74. The number of hydrogen-bond donors (Lipinski definition) is 1. The van der Waals surface area contributed by atoms with Crippen LogP contribution in [0.5, 0.6) is 5.75 Å².